The fourth-order valence-corrected chi connectivity index (χ4v) is 2.75. The highest BCUT2D eigenvalue weighted by Crippen LogP contribution is 2.28. The van der Waals surface area contributed by atoms with E-state index in [2.05, 4.69) is 57.4 Å². The van der Waals surface area contributed by atoms with Crippen LogP contribution in [0.15, 0.2) is 57.7 Å². The number of hydrogen-bond donors (Lipinski definition) is 1. The maximum absolute atomic E-state index is 5.75. The van der Waals surface area contributed by atoms with Crippen LogP contribution in [0.25, 0.3) is 10.9 Å². The minimum atomic E-state index is 0.0563. The lowest BCUT2D eigenvalue weighted by molar-refractivity contribution is 0.433. The van der Waals surface area contributed by atoms with Crippen molar-refractivity contribution in [3.63, 3.8) is 0 Å². The molecule has 0 spiro atoms. The van der Waals surface area contributed by atoms with Gasteiger partial charge in [0.05, 0.1) is 11.6 Å². The van der Waals surface area contributed by atoms with E-state index >= 15 is 0 Å². The van der Waals surface area contributed by atoms with Crippen LogP contribution in [0, 0.1) is 0 Å². The summed E-state index contributed by atoms with van der Waals surface area (Å²) in [6.07, 6.45) is 2.89. The maximum atomic E-state index is 5.75. The van der Waals surface area contributed by atoms with Crippen molar-refractivity contribution in [3.8, 4) is 0 Å². The topological polar surface area (TPSA) is 38.1 Å². The molecule has 1 N–H and O–H groups in total. The Bertz CT molecular complexity index is 738. The number of aromatic nitrogens is 1. The first kappa shape index (κ1) is 14.3. The molecule has 3 aromatic rings. The number of benzene rings is 1. The molecule has 108 valence electrons. The summed E-state index contributed by atoms with van der Waals surface area (Å²) in [5.41, 5.74) is 2.20. The van der Waals surface area contributed by atoms with Gasteiger partial charge in [-0.15, -0.1) is 0 Å². The second kappa shape index (κ2) is 6.41. The van der Waals surface area contributed by atoms with Crippen molar-refractivity contribution in [2.75, 3.05) is 6.54 Å². The van der Waals surface area contributed by atoms with Crippen LogP contribution in [0.3, 0.4) is 0 Å². The molecular formula is C17H17BrN2O. The summed E-state index contributed by atoms with van der Waals surface area (Å²) in [5.74, 6) is 0.915. The van der Waals surface area contributed by atoms with E-state index in [9.17, 15) is 0 Å². The van der Waals surface area contributed by atoms with Crippen molar-refractivity contribution in [2.45, 2.75) is 19.4 Å². The third kappa shape index (κ3) is 3.17. The van der Waals surface area contributed by atoms with Crippen molar-refractivity contribution in [2.24, 2.45) is 0 Å². The smallest absolute Gasteiger partial charge is 0.169 e. The van der Waals surface area contributed by atoms with Crippen molar-refractivity contribution in [3.05, 3.63) is 64.7 Å². The summed E-state index contributed by atoms with van der Waals surface area (Å²) in [6.45, 7) is 3.10. The molecule has 1 unspecified atom stereocenters. The van der Waals surface area contributed by atoms with Gasteiger partial charge in [-0.05, 0) is 64.8 Å². The van der Waals surface area contributed by atoms with Gasteiger partial charge < -0.3 is 9.73 Å². The van der Waals surface area contributed by atoms with Gasteiger partial charge in [0.15, 0.2) is 4.67 Å². The van der Waals surface area contributed by atoms with E-state index in [1.165, 1.54) is 5.56 Å². The number of nitrogens with one attached hydrogen (secondary N) is 1. The average molecular weight is 345 g/mol. The Morgan fingerprint density at radius 2 is 2.14 bits per heavy atom. The van der Waals surface area contributed by atoms with Crippen LogP contribution < -0.4 is 5.32 Å². The van der Waals surface area contributed by atoms with E-state index in [4.69, 9.17) is 4.42 Å². The van der Waals surface area contributed by atoms with Crippen LogP contribution in [0.4, 0.5) is 0 Å². The molecule has 0 saturated carbocycles. The second-order valence-corrected chi connectivity index (χ2v) is 5.77. The summed E-state index contributed by atoms with van der Waals surface area (Å²) in [5, 5.41) is 4.69. The number of nitrogens with zero attached hydrogens (tertiary/aromatic N) is 1. The van der Waals surface area contributed by atoms with Gasteiger partial charge in [-0.3, -0.25) is 4.98 Å². The van der Waals surface area contributed by atoms with Gasteiger partial charge in [-0.25, -0.2) is 0 Å². The first-order valence-corrected chi connectivity index (χ1v) is 7.90. The molecule has 0 aliphatic carbocycles. The molecule has 21 heavy (non-hydrogen) atoms. The third-order valence-electron chi connectivity index (χ3n) is 3.44. The number of furan rings is 1. The van der Waals surface area contributed by atoms with Gasteiger partial charge in [0.25, 0.3) is 0 Å². The third-order valence-corrected chi connectivity index (χ3v) is 3.86. The molecule has 0 radical (unpaired) electrons. The number of halogens is 1. The Labute approximate surface area is 132 Å². The predicted octanol–water partition coefficient (Wildman–Crippen LogP) is 4.68. The van der Waals surface area contributed by atoms with E-state index in [1.54, 1.807) is 0 Å². The van der Waals surface area contributed by atoms with Gasteiger partial charge >= 0.3 is 0 Å². The molecule has 0 saturated heterocycles. The van der Waals surface area contributed by atoms with Crippen molar-refractivity contribution >= 4 is 26.8 Å². The van der Waals surface area contributed by atoms with Crippen LogP contribution in [0.2, 0.25) is 0 Å². The first-order valence-electron chi connectivity index (χ1n) is 7.11. The molecule has 1 aromatic carbocycles. The fraction of sp³-hybridized carbons (Fsp3) is 0.235. The zero-order chi connectivity index (χ0) is 14.7. The second-order valence-electron chi connectivity index (χ2n) is 4.98. The van der Waals surface area contributed by atoms with Crippen LogP contribution in [-0.4, -0.2) is 11.5 Å². The number of pyridine rings is 1. The van der Waals surface area contributed by atoms with Gasteiger partial charge in [-0.2, -0.15) is 0 Å². The molecule has 3 nitrogen and oxygen atoms in total. The molecule has 0 aliphatic heterocycles. The van der Waals surface area contributed by atoms with E-state index in [-0.39, 0.29) is 6.04 Å². The van der Waals surface area contributed by atoms with Crippen molar-refractivity contribution in [1.82, 2.24) is 10.3 Å². The van der Waals surface area contributed by atoms with Gasteiger partial charge in [-0.1, -0.05) is 19.1 Å². The minimum Gasteiger partial charge on any atom is -0.452 e. The Morgan fingerprint density at radius 3 is 2.90 bits per heavy atom. The molecule has 0 fully saturated rings. The largest absolute Gasteiger partial charge is 0.452 e. The van der Waals surface area contributed by atoms with Crippen molar-refractivity contribution in [1.29, 1.82) is 0 Å². The maximum Gasteiger partial charge on any atom is 0.169 e. The minimum absolute atomic E-state index is 0.0563. The molecular weight excluding hydrogens is 328 g/mol. The standard InChI is InChI=1S/C17H17BrN2O/c1-2-9-20-17(15-7-8-16(18)21-15)13-5-6-14-12(11-13)4-3-10-19-14/h3-8,10-11,17,20H,2,9H2,1H3. The van der Waals surface area contributed by atoms with Gasteiger partial charge in [0.2, 0.25) is 0 Å². The summed E-state index contributed by atoms with van der Waals surface area (Å²) >= 11 is 3.38. The highest BCUT2D eigenvalue weighted by atomic mass is 79.9. The molecule has 0 aliphatic rings. The fourth-order valence-electron chi connectivity index (χ4n) is 2.43. The summed E-state index contributed by atoms with van der Waals surface area (Å²) in [7, 11) is 0. The molecule has 3 rings (SSSR count). The Balaban J connectivity index is 2.00. The molecule has 2 heterocycles. The van der Waals surface area contributed by atoms with Crippen LogP contribution in [0.1, 0.15) is 30.7 Å². The highest BCUT2D eigenvalue weighted by Gasteiger charge is 2.17. The van der Waals surface area contributed by atoms with Crippen LogP contribution in [-0.2, 0) is 0 Å². The van der Waals surface area contributed by atoms with E-state index in [1.807, 2.05) is 24.4 Å². The normalized spacial score (nSPS) is 12.7. The number of rotatable bonds is 5. The quantitative estimate of drug-likeness (QED) is 0.730. The van der Waals surface area contributed by atoms with Gasteiger partial charge in [0.1, 0.15) is 5.76 Å². The monoisotopic (exact) mass is 344 g/mol. The van der Waals surface area contributed by atoms with Crippen LogP contribution >= 0.6 is 15.9 Å². The number of hydrogen-bond acceptors (Lipinski definition) is 3. The van der Waals surface area contributed by atoms with E-state index in [0.29, 0.717) is 0 Å². The molecule has 4 heteroatoms. The molecule has 1 atom stereocenters. The summed E-state index contributed by atoms with van der Waals surface area (Å²) in [6, 6.07) is 14.4. The lowest BCUT2D eigenvalue weighted by Gasteiger charge is -2.17. The van der Waals surface area contributed by atoms with E-state index < -0.39 is 0 Å². The summed E-state index contributed by atoms with van der Waals surface area (Å²) in [4.78, 5) is 4.37. The lowest BCUT2D eigenvalue weighted by atomic mass is 10.0. The lowest BCUT2D eigenvalue weighted by Crippen LogP contribution is -2.22. The molecule has 2 aromatic heterocycles. The Kier molecular flexibility index (Phi) is 4.36. The molecule has 0 amide bonds. The first-order chi connectivity index (χ1) is 10.3. The highest BCUT2D eigenvalue weighted by molar-refractivity contribution is 9.10. The van der Waals surface area contributed by atoms with Crippen LogP contribution in [0.5, 0.6) is 0 Å². The number of fused-ring (bicyclic) bond motifs is 1. The van der Waals surface area contributed by atoms with E-state index in [0.717, 1.165) is 34.3 Å². The molecule has 0 bridgehead atoms. The average Bonchev–Trinajstić information content (AvgIpc) is 2.94. The zero-order valence-electron chi connectivity index (χ0n) is 11.8. The summed E-state index contributed by atoms with van der Waals surface area (Å²) < 4.78 is 6.50. The Hall–Kier alpha value is -1.65. The predicted molar refractivity (Wildman–Crippen MR) is 88.3 cm³/mol. The van der Waals surface area contributed by atoms with Crippen molar-refractivity contribution < 1.29 is 4.42 Å². The Morgan fingerprint density at radius 1 is 1.24 bits per heavy atom. The van der Waals surface area contributed by atoms with Gasteiger partial charge in [0, 0.05) is 11.6 Å². The zero-order valence-corrected chi connectivity index (χ0v) is 13.4. The SMILES string of the molecule is CCCNC(c1ccc2ncccc2c1)c1ccc(Br)o1.